The van der Waals surface area contributed by atoms with Gasteiger partial charge >= 0.3 is 0 Å². The number of rotatable bonds is 2. The first-order valence-electron chi connectivity index (χ1n) is 5.64. The van der Waals surface area contributed by atoms with Crippen LogP contribution >= 0.6 is 22.0 Å². The Morgan fingerprint density at radius 3 is 2.85 bits per heavy atom. The number of anilines is 1. The average molecular weight is 335 g/mol. The van der Waals surface area contributed by atoms with Crippen LogP contribution in [0.5, 0.6) is 0 Å². The molecule has 1 amide bonds. The summed E-state index contributed by atoms with van der Waals surface area (Å²) in [5, 5.41) is -0.571. The summed E-state index contributed by atoms with van der Waals surface area (Å²) in [6, 6.07) is 4.15. The van der Waals surface area contributed by atoms with Gasteiger partial charge in [-0.15, -0.1) is 0 Å². The quantitative estimate of drug-likeness (QED) is 0.789. The standard InChI is InChI=1S/C11H8ClFN2O3S2/c12-20(17,18)7-4-10(16)15(5-7)11-14-8-3-6(13)1-2-9(8)19-11/h1-3,7H,4-5H2. The van der Waals surface area contributed by atoms with Crippen molar-refractivity contribution in [1.29, 1.82) is 0 Å². The van der Waals surface area contributed by atoms with E-state index in [4.69, 9.17) is 10.7 Å². The van der Waals surface area contributed by atoms with E-state index in [1.165, 1.54) is 28.4 Å². The molecule has 0 N–H and O–H groups in total. The second-order valence-electron chi connectivity index (χ2n) is 4.41. The van der Waals surface area contributed by atoms with Crippen LogP contribution in [0.1, 0.15) is 6.42 Å². The number of carbonyl (C=O) groups excluding carboxylic acids is 1. The van der Waals surface area contributed by atoms with Crippen molar-refractivity contribution < 1.29 is 17.6 Å². The Morgan fingerprint density at radius 1 is 1.45 bits per heavy atom. The summed E-state index contributed by atoms with van der Waals surface area (Å²) in [7, 11) is 1.50. The highest BCUT2D eigenvalue weighted by Crippen LogP contribution is 2.33. The fourth-order valence-corrected chi connectivity index (χ4v) is 4.05. The van der Waals surface area contributed by atoms with E-state index < -0.39 is 20.1 Å². The van der Waals surface area contributed by atoms with Gasteiger partial charge < -0.3 is 0 Å². The van der Waals surface area contributed by atoms with Crippen molar-refractivity contribution in [3.8, 4) is 0 Å². The normalized spacial score (nSPS) is 20.0. The van der Waals surface area contributed by atoms with Crippen molar-refractivity contribution in [2.45, 2.75) is 11.7 Å². The van der Waals surface area contributed by atoms with Crippen LogP contribution in [-0.4, -0.2) is 31.1 Å². The summed E-state index contributed by atoms with van der Waals surface area (Å²) in [4.78, 5) is 17.3. The summed E-state index contributed by atoms with van der Waals surface area (Å²) in [5.74, 6) is -0.762. The summed E-state index contributed by atoms with van der Waals surface area (Å²) < 4.78 is 36.4. The molecule has 106 valence electrons. The minimum Gasteiger partial charge on any atom is -0.287 e. The van der Waals surface area contributed by atoms with Crippen molar-refractivity contribution in [1.82, 2.24) is 4.98 Å². The third kappa shape index (κ3) is 2.38. The molecule has 0 bridgehead atoms. The Labute approximate surface area is 122 Å². The zero-order valence-corrected chi connectivity index (χ0v) is 12.3. The van der Waals surface area contributed by atoms with Crippen LogP contribution in [0.4, 0.5) is 9.52 Å². The smallest absolute Gasteiger partial charge is 0.237 e. The third-order valence-electron chi connectivity index (χ3n) is 3.06. The number of amides is 1. The van der Waals surface area contributed by atoms with Gasteiger partial charge in [0.25, 0.3) is 0 Å². The van der Waals surface area contributed by atoms with Gasteiger partial charge in [-0.1, -0.05) is 11.3 Å². The van der Waals surface area contributed by atoms with Gasteiger partial charge in [-0.2, -0.15) is 0 Å². The van der Waals surface area contributed by atoms with E-state index in [0.717, 1.165) is 4.70 Å². The van der Waals surface area contributed by atoms with Crippen LogP contribution in [0.2, 0.25) is 0 Å². The van der Waals surface area contributed by atoms with Crippen molar-refractivity contribution >= 4 is 52.3 Å². The molecule has 1 aliphatic rings. The maximum atomic E-state index is 13.1. The van der Waals surface area contributed by atoms with Gasteiger partial charge in [0.15, 0.2) is 5.13 Å². The van der Waals surface area contributed by atoms with Gasteiger partial charge in [-0.05, 0) is 12.1 Å². The van der Waals surface area contributed by atoms with E-state index in [1.54, 1.807) is 6.07 Å². The highest BCUT2D eigenvalue weighted by atomic mass is 35.7. The van der Waals surface area contributed by atoms with Crippen molar-refractivity contribution in [3.63, 3.8) is 0 Å². The second-order valence-corrected chi connectivity index (χ2v) is 8.33. The minimum atomic E-state index is -3.79. The first kappa shape index (κ1) is 13.7. The summed E-state index contributed by atoms with van der Waals surface area (Å²) >= 11 is 1.21. The van der Waals surface area contributed by atoms with Gasteiger partial charge in [0, 0.05) is 29.7 Å². The van der Waals surface area contributed by atoms with E-state index in [0.29, 0.717) is 10.6 Å². The number of thiazole rings is 1. The molecule has 1 aromatic heterocycles. The molecular weight excluding hydrogens is 327 g/mol. The van der Waals surface area contributed by atoms with Crippen molar-refractivity contribution in [2.24, 2.45) is 0 Å². The Bertz CT molecular complexity index is 805. The molecule has 1 saturated heterocycles. The third-order valence-corrected chi connectivity index (χ3v) is 5.98. The Hall–Kier alpha value is -1.25. The number of hydrogen-bond acceptors (Lipinski definition) is 5. The molecule has 1 aromatic carbocycles. The van der Waals surface area contributed by atoms with Gasteiger partial charge in [-0.25, -0.2) is 17.8 Å². The summed E-state index contributed by atoms with van der Waals surface area (Å²) in [6.07, 6.45) is -0.157. The van der Waals surface area contributed by atoms with Crippen molar-refractivity contribution in [2.75, 3.05) is 11.4 Å². The van der Waals surface area contributed by atoms with Crippen LogP contribution in [0.3, 0.4) is 0 Å². The SMILES string of the molecule is O=C1CC(S(=O)(=O)Cl)CN1c1nc2cc(F)ccc2s1. The number of nitrogens with zero attached hydrogens (tertiary/aromatic N) is 2. The molecule has 1 atom stereocenters. The fraction of sp³-hybridized carbons (Fsp3) is 0.273. The molecule has 2 aromatic rings. The highest BCUT2D eigenvalue weighted by Gasteiger charge is 2.39. The molecule has 20 heavy (non-hydrogen) atoms. The number of hydrogen-bond donors (Lipinski definition) is 0. The van der Waals surface area contributed by atoms with E-state index in [2.05, 4.69) is 4.98 Å². The number of aromatic nitrogens is 1. The largest absolute Gasteiger partial charge is 0.287 e. The van der Waals surface area contributed by atoms with Gasteiger partial charge in [0.2, 0.25) is 15.0 Å². The lowest BCUT2D eigenvalue weighted by Crippen LogP contribution is -2.26. The molecule has 3 rings (SSSR count). The molecule has 0 aliphatic carbocycles. The monoisotopic (exact) mass is 334 g/mol. The number of halogens is 2. The number of carbonyl (C=O) groups is 1. The summed E-state index contributed by atoms with van der Waals surface area (Å²) in [6.45, 7) is -0.0209. The predicted octanol–water partition coefficient (Wildman–Crippen LogP) is 2.11. The molecule has 2 heterocycles. The van der Waals surface area contributed by atoms with E-state index >= 15 is 0 Å². The highest BCUT2D eigenvalue weighted by molar-refractivity contribution is 8.14. The minimum absolute atomic E-state index is 0.0209. The topological polar surface area (TPSA) is 67.3 Å². The molecule has 0 radical (unpaired) electrons. The molecule has 5 nitrogen and oxygen atoms in total. The Balaban J connectivity index is 1.97. The maximum Gasteiger partial charge on any atom is 0.237 e. The lowest BCUT2D eigenvalue weighted by molar-refractivity contribution is -0.117. The summed E-state index contributed by atoms with van der Waals surface area (Å²) in [5.41, 5.74) is 0.440. The lowest BCUT2D eigenvalue weighted by atomic mass is 10.3. The van der Waals surface area contributed by atoms with Gasteiger partial charge in [-0.3, -0.25) is 9.69 Å². The Kier molecular flexibility index (Phi) is 3.19. The maximum absolute atomic E-state index is 13.1. The van der Waals surface area contributed by atoms with Crippen LogP contribution in [0.15, 0.2) is 18.2 Å². The van der Waals surface area contributed by atoms with Crippen molar-refractivity contribution in [3.05, 3.63) is 24.0 Å². The number of benzene rings is 1. The first-order chi connectivity index (χ1) is 9.34. The van der Waals surface area contributed by atoms with E-state index in [9.17, 15) is 17.6 Å². The zero-order valence-electron chi connectivity index (χ0n) is 9.92. The molecule has 9 heteroatoms. The van der Waals surface area contributed by atoms with Crippen LogP contribution in [0.25, 0.3) is 10.2 Å². The Morgan fingerprint density at radius 2 is 2.20 bits per heavy atom. The van der Waals surface area contributed by atoms with Crippen LogP contribution < -0.4 is 4.90 Å². The van der Waals surface area contributed by atoms with E-state index in [1.807, 2.05) is 0 Å². The molecular formula is C11H8ClFN2O3S2. The molecule has 1 aliphatic heterocycles. The fourth-order valence-electron chi connectivity index (χ4n) is 2.05. The van der Waals surface area contributed by atoms with E-state index in [-0.39, 0.29) is 18.9 Å². The van der Waals surface area contributed by atoms with Gasteiger partial charge in [0.05, 0.1) is 10.2 Å². The molecule has 0 saturated carbocycles. The predicted molar refractivity (Wildman–Crippen MR) is 75.1 cm³/mol. The first-order valence-corrected chi connectivity index (χ1v) is 8.83. The molecule has 1 fully saturated rings. The molecule has 0 spiro atoms. The average Bonchev–Trinajstić information content (AvgIpc) is 2.90. The van der Waals surface area contributed by atoms with Gasteiger partial charge in [0.1, 0.15) is 11.1 Å². The second kappa shape index (κ2) is 4.64. The lowest BCUT2D eigenvalue weighted by Gasteiger charge is -2.11. The van der Waals surface area contributed by atoms with Crippen LogP contribution in [-0.2, 0) is 13.8 Å². The number of fused-ring (bicyclic) bond motifs is 1. The molecule has 1 unspecified atom stereocenters. The van der Waals surface area contributed by atoms with Crippen LogP contribution in [0, 0.1) is 5.82 Å². The zero-order chi connectivity index (χ0) is 14.5.